The average molecular weight is 250 g/mol. The molecule has 0 amide bonds. The van der Waals surface area contributed by atoms with Gasteiger partial charge < -0.3 is 5.73 Å². The number of anilines is 1. The number of thiazole rings is 1. The number of nitrogens with zero attached hydrogens (tertiary/aromatic N) is 1. The van der Waals surface area contributed by atoms with E-state index in [9.17, 15) is 4.39 Å². The molecule has 4 heteroatoms. The first-order valence-corrected chi connectivity index (χ1v) is 6.30. The minimum Gasteiger partial charge on any atom is -0.375 e. The largest absolute Gasteiger partial charge is 0.375 e. The Balaban J connectivity index is 2.47. The van der Waals surface area contributed by atoms with Crippen molar-refractivity contribution < 1.29 is 4.39 Å². The van der Waals surface area contributed by atoms with Crippen LogP contribution in [-0.4, -0.2) is 4.98 Å². The molecule has 0 bridgehead atoms. The van der Waals surface area contributed by atoms with E-state index in [1.807, 2.05) is 13.0 Å². The highest BCUT2D eigenvalue weighted by atomic mass is 32.1. The van der Waals surface area contributed by atoms with E-state index in [4.69, 9.17) is 5.73 Å². The fraction of sp³-hybridized carbons (Fsp3) is 0.308. The van der Waals surface area contributed by atoms with Gasteiger partial charge in [0.2, 0.25) is 0 Å². The van der Waals surface area contributed by atoms with Crippen molar-refractivity contribution in [2.24, 2.45) is 0 Å². The summed E-state index contributed by atoms with van der Waals surface area (Å²) >= 11 is 1.48. The van der Waals surface area contributed by atoms with Crippen molar-refractivity contribution in [3.63, 3.8) is 0 Å². The third kappa shape index (κ3) is 2.17. The van der Waals surface area contributed by atoms with E-state index in [1.165, 1.54) is 17.4 Å². The Morgan fingerprint density at radius 3 is 2.65 bits per heavy atom. The van der Waals surface area contributed by atoms with Crippen LogP contribution in [0.4, 0.5) is 9.52 Å². The maximum Gasteiger partial charge on any atom is 0.180 e. The number of benzene rings is 1. The predicted molar refractivity (Wildman–Crippen MR) is 69.9 cm³/mol. The minimum atomic E-state index is -0.163. The van der Waals surface area contributed by atoms with Gasteiger partial charge in [0.1, 0.15) is 5.82 Å². The molecule has 1 aromatic carbocycles. The summed E-state index contributed by atoms with van der Waals surface area (Å²) in [6, 6.07) is 5.19. The lowest BCUT2D eigenvalue weighted by molar-refractivity contribution is 0.614. The number of halogens is 1. The van der Waals surface area contributed by atoms with Gasteiger partial charge in [0.05, 0.1) is 5.69 Å². The highest BCUT2D eigenvalue weighted by Crippen LogP contribution is 2.34. The summed E-state index contributed by atoms with van der Waals surface area (Å²) in [5.74, 6) is -0.0370. The van der Waals surface area contributed by atoms with Crippen molar-refractivity contribution in [1.82, 2.24) is 4.98 Å². The lowest BCUT2D eigenvalue weighted by atomic mass is 9.94. The van der Waals surface area contributed by atoms with E-state index in [0.717, 1.165) is 16.1 Å². The Morgan fingerprint density at radius 2 is 2.06 bits per heavy atom. The number of nitrogen functional groups attached to an aromatic ring is 1. The molecule has 0 aliphatic rings. The predicted octanol–water partition coefficient (Wildman–Crippen LogP) is 3.63. The second-order valence-corrected chi connectivity index (χ2v) is 5.24. The van der Waals surface area contributed by atoms with Crippen LogP contribution in [0, 0.1) is 19.7 Å². The zero-order valence-corrected chi connectivity index (χ0v) is 10.9. The van der Waals surface area contributed by atoms with Crippen molar-refractivity contribution in [2.75, 3.05) is 5.73 Å². The number of hydrogen-bond acceptors (Lipinski definition) is 3. The molecule has 17 heavy (non-hydrogen) atoms. The van der Waals surface area contributed by atoms with Crippen molar-refractivity contribution in [1.29, 1.82) is 0 Å². The van der Waals surface area contributed by atoms with Crippen LogP contribution in [0.25, 0.3) is 0 Å². The van der Waals surface area contributed by atoms with E-state index in [2.05, 4.69) is 11.9 Å². The Labute approximate surface area is 104 Å². The number of hydrogen-bond donors (Lipinski definition) is 1. The lowest BCUT2D eigenvalue weighted by Crippen LogP contribution is -2.00. The van der Waals surface area contributed by atoms with Crippen molar-refractivity contribution in [3.05, 3.63) is 45.7 Å². The molecule has 0 saturated heterocycles. The number of rotatable bonds is 2. The molecule has 1 heterocycles. The topological polar surface area (TPSA) is 38.9 Å². The van der Waals surface area contributed by atoms with Crippen molar-refractivity contribution >= 4 is 16.5 Å². The molecule has 0 radical (unpaired) electrons. The first-order valence-electron chi connectivity index (χ1n) is 5.48. The molecule has 2 N–H and O–H groups in total. The summed E-state index contributed by atoms with van der Waals surface area (Å²) in [6.07, 6.45) is 0. The van der Waals surface area contributed by atoms with Crippen LogP contribution in [0.5, 0.6) is 0 Å². The Bertz CT molecular complexity index is 548. The minimum absolute atomic E-state index is 0.125. The van der Waals surface area contributed by atoms with Gasteiger partial charge in [-0.15, -0.1) is 11.3 Å². The second kappa shape index (κ2) is 4.45. The van der Waals surface area contributed by atoms with Crippen LogP contribution < -0.4 is 5.73 Å². The highest BCUT2D eigenvalue weighted by molar-refractivity contribution is 7.15. The summed E-state index contributed by atoms with van der Waals surface area (Å²) in [4.78, 5) is 5.32. The van der Waals surface area contributed by atoms with Gasteiger partial charge in [0.25, 0.3) is 0 Å². The Kier molecular flexibility index (Phi) is 3.15. The SMILES string of the molecule is Cc1nc(N)sc1C(C)c1cccc(F)c1C. The molecule has 0 aliphatic carbocycles. The summed E-state index contributed by atoms with van der Waals surface area (Å²) in [7, 11) is 0. The summed E-state index contributed by atoms with van der Waals surface area (Å²) in [6.45, 7) is 5.80. The molecule has 2 nitrogen and oxygen atoms in total. The van der Waals surface area contributed by atoms with Gasteiger partial charge in [0, 0.05) is 10.8 Å². The lowest BCUT2D eigenvalue weighted by Gasteiger charge is -2.14. The van der Waals surface area contributed by atoms with E-state index < -0.39 is 0 Å². The van der Waals surface area contributed by atoms with Gasteiger partial charge >= 0.3 is 0 Å². The zero-order chi connectivity index (χ0) is 12.6. The molecular weight excluding hydrogens is 235 g/mol. The van der Waals surface area contributed by atoms with Gasteiger partial charge in [-0.25, -0.2) is 9.37 Å². The quantitative estimate of drug-likeness (QED) is 0.884. The number of nitrogens with two attached hydrogens (primary N) is 1. The van der Waals surface area contributed by atoms with E-state index in [-0.39, 0.29) is 11.7 Å². The smallest absolute Gasteiger partial charge is 0.180 e. The van der Waals surface area contributed by atoms with Gasteiger partial charge in [-0.1, -0.05) is 19.1 Å². The van der Waals surface area contributed by atoms with Crippen LogP contribution in [0.2, 0.25) is 0 Å². The molecule has 2 rings (SSSR count). The summed E-state index contributed by atoms with van der Waals surface area (Å²) in [5, 5.41) is 0.568. The summed E-state index contributed by atoms with van der Waals surface area (Å²) < 4.78 is 13.5. The van der Waals surface area contributed by atoms with Crippen LogP contribution in [0.1, 0.15) is 34.5 Å². The maximum atomic E-state index is 13.5. The molecule has 1 atom stereocenters. The van der Waals surface area contributed by atoms with E-state index in [1.54, 1.807) is 13.0 Å². The Hall–Kier alpha value is -1.42. The van der Waals surface area contributed by atoms with Gasteiger partial charge in [0.15, 0.2) is 5.13 Å². The molecule has 1 unspecified atom stereocenters. The van der Waals surface area contributed by atoms with Gasteiger partial charge in [-0.2, -0.15) is 0 Å². The first kappa shape index (κ1) is 12.0. The molecule has 0 spiro atoms. The molecule has 0 fully saturated rings. The van der Waals surface area contributed by atoms with E-state index in [0.29, 0.717) is 10.7 Å². The zero-order valence-electron chi connectivity index (χ0n) is 10.1. The monoisotopic (exact) mass is 250 g/mol. The third-order valence-corrected chi connectivity index (χ3v) is 4.19. The van der Waals surface area contributed by atoms with Crippen LogP contribution >= 0.6 is 11.3 Å². The number of aromatic nitrogens is 1. The second-order valence-electron chi connectivity index (χ2n) is 4.18. The molecule has 0 saturated carbocycles. The molecule has 1 aromatic heterocycles. The molecular formula is C13H15FN2S. The van der Waals surface area contributed by atoms with Crippen molar-refractivity contribution in [2.45, 2.75) is 26.7 Å². The molecule has 0 aliphatic heterocycles. The van der Waals surface area contributed by atoms with Crippen LogP contribution in [0.15, 0.2) is 18.2 Å². The molecule has 2 aromatic rings. The van der Waals surface area contributed by atoms with Crippen LogP contribution in [0.3, 0.4) is 0 Å². The fourth-order valence-corrected chi connectivity index (χ4v) is 2.97. The highest BCUT2D eigenvalue weighted by Gasteiger charge is 2.18. The normalized spacial score (nSPS) is 12.7. The first-order chi connectivity index (χ1) is 8.00. The van der Waals surface area contributed by atoms with Crippen LogP contribution in [-0.2, 0) is 0 Å². The summed E-state index contributed by atoms with van der Waals surface area (Å²) in [5.41, 5.74) is 8.33. The maximum absolute atomic E-state index is 13.5. The van der Waals surface area contributed by atoms with Crippen molar-refractivity contribution in [3.8, 4) is 0 Å². The Morgan fingerprint density at radius 1 is 1.35 bits per heavy atom. The van der Waals surface area contributed by atoms with Gasteiger partial charge in [-0.05, 0) is 31.0 Å². The third-order valence-electron chi connectivity index (χ3n) is 3.02. The average Bonchev–Trinajstić information content (AvgIpc) is 2.61. The number of aryl methyl sites for hydroxylation is 1. The standard InChI is InChI=1S/C13H15FN2S/c1-7-10(5-4-6-11(7)14)8(2)12-9(3)16-13(15)17-12/h4-6,8H,1-3H3,(H2,15,16). The van der Waals surface area contributed by atoms with Gasteiger partial charge in [-0.3, -0.25) is 0 Å². The molecule has 90 valence electrons. The van der Waals surface area contributed by atoms with E-state index >= 15 is 0 Å². The fourth-order valence-electron chi connectivity index (χ4n) is 2.07.